The minimum atomic E-state index is -0.513. The van der Waals surface area contributed by atoms with Gasteiger partial charge in [0.15, 0.2) is 5.39 Å². The van der Waals surface area contributed by atoms with E-state index in [9.17, 15) is 9.59 Å². The fourth-order valence-electron chi connectivity index (χ4n) is 3.34. The van der Waals surface area contributed by atoms with Gasteiger partial charge in [0.2, 0.25) is 11.1 Å². The van der Waals surface area contributed by atoms with Crippen LogP contribution in [0.2, 0.25) is 5.02 Å². The molecule has 2 aromatic carbocycles. The Balaban J connectivity index is 1.91. The largest absolute Gasteiger partial charge is 0.467 e. The predicted molar refractivity (Wildman–Crippen MR) is 110 cm³/mol. The number of para-hydroxylation sites is 1. The standard InChI is InChI=1S/C22H13ClN2O4/c23-16-9-3-1-7-14(16)20-24-21-18(19(26)15-8-2-4-10-17(15)29-21)22(27)25(20)12-13-6-5-11-28-13/h1-11H,12H2. The molecule has 0 spiro atoms. The molecule has 0 atom stereocenters. The van der Waals surface area contributed by atoms with Crippen molar-refractivity contribution in [1.29, 1.82) is 0 Å². The van der Waals surface area contributed by atoms with E-state index in [1.165, 1.54) is 10.8 Å². The molecule has 5 aromatic rings. The molecule has 0 saturated carbocycles. The maximum Gasteiger partial charge on any atom is 0.269 e. The maximum absolute atomic E-state index is 13.4. The molecular weight excluding hydrogens is 392 g/mol. The summed E-state index contributed by atoms with van der Waals surface area (Å²) in [6, 6.07) is 17.3. The lowest BCUT2D eigenvalue weighted by Gasteiger charge is -2.13. The minimum Gasteiger partial charge on any atom is -0.467 e. The van der Waals surface area contributed by atoms with Gasteiger partial charge in [-0.2, -0.15) is 4.98 Å². The lowest BCUT2D eigenvalue weighted by molar-refractivity contribution is 0.489. The third kappa shape index (κ3) is 2.85. The van der Waals surface area contributed by atoms with Crippen LogP contribution in [0.5, 0.6) is 0 Å². The molecule has 0 N–H and O–H groups in total. The van der Waals surface area contributed by atoms with E-state index in [0.717, 1.165) is 0 Å². The number of aromatic nitrogens is 2. The molecule has 0 amide bonds. The SMILES string of the molecule is O=c1c2ccccc2oc2nc(-c3ccccc3Cl)n(Cc3ccco3)c(=O)c12. The molecule has 0 unspecified atom stereocenters. The Bertz CT molecular complexity index is 1480. The molecule has 3 aromatic heterocycles. The molecule has 0 aliphatic rings. The number of furan rings is 1. The van der Waals surface area contributed by atoms with Crippen LogP contribution in [0.3, 0.4) is 0 Å². The summed E-state index contributed by atoms with van der Waals surface area (Å²) in [4.78, 5) is 30.9. The molecule has 0 bridgehead atoms. The number of halogens is 1. The molecule has 7 heteroatoms. The fourth-order valence-corrected chi connectivity index (χ4v) is 3.56. The molecule has 0 radical (unpaired) electrons. The molecule has 5 rings (SSSR count). The molecule has 0 aliphatic heterocycles. The highest BCUT2D eigenvalue weighted by atomic mass is 35.5. The van der Waals surface area contributed by atoms with Crippen LogP contribution in [0.1, 0.15) is 5.76 Å². The summed E-state index contributed by atoms with van der Waals surface area (Å²) in [6.45, 7) is 0.0988. The van der Waals surface area contributed by atoms with Gasteiger partial charge in [-0.05, 0) is 36.4 Å². The quantitative estimate of drug-likeness (QED) is 0.415. The highest BCUT2D eigenvalue weighted by molar-refractivity contribution is 6.33. The Kier molecular flexibility index (Phi) is 4.07. The molecule has 0 saturated heterocycles. The normalized spacial score (nSPS) is 11.3. The summed E-state index contributed by atoms with van der Waals surface area (Å²) in [5.41, 5.74) is -0.0373. The number of benzene rings is 2. The van der Waals surface area contributed by atoms with Crippen LogP contribution in [0.25, 0.3) is 33.5 Å². The van der Waals surface area contributed by atoms with Gasteiger partial charge in [0, 0.05) is 5.56 Å². The lowest BCUT2D eigenvalue weighted by Crippen LogP contribution is -2.28. The van der Waals surface area contributed by atoms with Gasteiger partial charge in [0.05, 0.1) is 23.2 Å². The van der Waals surface area contributed by atoms with Crippen molar-refractivity contribution in [2.75, 3.05) is 0 Å². The smallest absolute Gasteiger partial charge is 0.269 e. The van der Waals surface area contributed by atoms with Gasteiger partial charge in [-0.3, -0.25) is 14.2 Å². The summed E-state index contributed by atoms with van der Waals surface area (Å²) >= 11 is 6.37. The number of nitrogens with zero attached hydrogens (tertiary/aromatic N) is 2. The first-order chi connectivity index (χ1) is 14.1. The van der Waals surface area contributed by atoms with E-state index in [4.69, 9.17) is 20.4 Å². The summed E-state index contributed by atoms with van der Waals surface area (Å²) in [6.07, 6.45) is 1.52. The van der Waals surface area contributed by atoms with Crippen LogP contribution < -0.4 is 11.0 Å². The number of fused-ring (bicyclic) bond motifs is 2. The first-order valence-corrected chi connectivity index (χ1v) is 9.25. The van der Waals surface area contributed by atoms with E-state index in [-0.39, 0.29) is 17.6 Å². The average molecular weight is 405 g/mol. The Morgan fingerprint density at radius 3 is 2.55 bits per heavy atom. The number of hydrogen-bond donors (Lipinski definition) is 0. The Hall–Kier alpha value is -3.64. The van der Waals surface area contributed by atoms with E-state index in [0.29, 0.717) is 33.1 Å². The zero-order valence-electron chi connectivity index (χ0n) is 15.0. The maximum atomic E-state index is 13.4. The van der Waals surface area contributed by atoms with Gasteiger partial charge in [0.25, 0.3) is 5.56 Å². The zero-order valence-corrected chi connectivity index (χ0v) is 15.7. The lowest BCUT2D eigenvalue weighted by atomic mass is 10.1. The number of rotatable bonds is 3. The van der Waals surface area contributed by atoms with Crippen molar-refractivity contribution in [2.24, 2.45) is 0 Å². The second-order valence-corrected chi connectivity index (χ2v) is 6.90. The fraction of sp³-hybridized carbons (Fsp3) is 0.0455. The van der Waals surface area contributed by atoms with Gasteiger partial charge < -0.3 is 8.83 Å². The minimum absolute atomic E-state index is 0.0238. The average Bonchev–Trinajstić information content (AvgIpc) is 3.24. The monoisotopic (exact) mass is 404 g/mol. The zero-order chi connectivity index (χ0) is 20.0. The predicted octanol–water partition coefficient (Wildman–Crippen LogP) is 4.46. The molecule has 142 valence electrons. The van der Waals surface area contributed by atoms with Crippen molar-refractivity contribution in [3.05, 3.63) is 98.3 Å². The van der Waals surface area contributed by atoms with Crippen molar-refractivity contribution in [1.82, 2.24) is 9.55 Å². The highest BCUT2D eigenvalue weighted by Crippen LogP contribution is 2.27. The Morgan fingerprint density at radius 1 is 0.966 bits per heavy atom. The highest BCUT2D eigenvalue weighted by Gasteiger charge is 2.20. The van der Waals surface area contributed by atoms with Crippen molar-refractivity contribution in [3.8, 4) is 11.4 Å². The van der Waals surface area contributed by atoms with Crippen LogP contribution in [0, 0.1) is 0 Å². The Morgan fingerprint density at radius 2 is 1.76 bits per heavy atom. The topological polar surface area (TPSA) is 78.2 Å². The van der Waals surface area contributed by atoms with Crippen LogP contribution in [0.15, 0.2) is 85.4 Å². The molecule has 6 nitrogen and oxygen atoms in total. The third-order valence-corrected chi connectivity index (χ3v) is 5.04. The third-order valence-electron chi connectivity index (χ3n) is 4.71. The van der Waals surface area contributed by atoms with E-state index < -0.39 is 11.0 Å². The molecule has 3 heterocycles. The van der Waals surface area contributed by atoms with E-state index in [2.05, 4.69) is 4.98 Å². The summed E-state index contributed by atoms with van der Waals surface area (Å²) in [5, 5.41) is 0.648. The second kappa shape index (κ2) is 6.76. The van der Waals surface area contributed by atoms with Crippen molar-refractivity contribution in [2.45, 2.75) is 6.54 Å². The van der Waals surface area contributed by atoms with Crippen LogP contribution >= 0.6 is 11.6 Å². The first kappa shape index (κ1) is 17.5. The van der Waals surface area contributed by atoms with E-state index in [1.807, 2.05) is 0 Å². The van der Waals surface area contributed by atoms with Gasteiger partial charge in [-0.15, -0.1) is 0 Å². The van der Waals surface area contributed by atoms with Crippen LogP contribution in [-0.4, -0.2) is 9.55 Å². The van der Waals surface area contributed by atoms with Crippen molar-refractivity contribution >= 4 is 33.7 Å². The first-order valence-electron chi connectivity index (χ1n) is 8.87. The Labute approximate surface area is 168 Å². The van der Waals surface area contributed by atoms with Gasteiger partial charge in [-0.1, -0.05) is 35.9 Å². The van der Waals surface area contributed by atoms with Crippen molar-refractivity contribution < 1.29 is 8.83 Å². The molecular formula is C22H13ClN2O4. The summed E-state index contributed by atoms with van der Waals surface area (Å²) < 4.78 is 12.6. The molecule has 0 aliphatic carbocycles. The second-order valence-electron chi connectivity index (χ2n) is 6.49. The van der Waals surface area contributed by atoms with Gasteiger partial charge in [0.1, 0.15) is 17.2 Å². The molecule has 29 heavy (non-hydrogen) atoms. The van der Waals surface area contributed by atoms with Gasteiger partial charge >= 0.3 is 0 Å². The molecule has 0 fully saturated rings. The van der Waals surface area contributed by atoms with Crippen LogP contribution in [0.4, 0.5) is 0 Å². The van der Waals surface area contributed by atoms with E-state index in [1.54, 1.807) is 60.7 Å². The van der Waals surface area contributed by atoms with Crippen LogP contribution in [-0.2, 0) is 6.54 Å². The van der Waals surface area contributed by atoms with Crippen molar-refractivity contribution in [3.63, 3.8) is 0 Å². The number of hydrogen-bond acceptors (Lipinski definition) is 5. The van der Waals surface area contributed by atoms with Gasteiger partial charge in [-0.25, -0.2) is 0 Å². The summed E-state index contributed by atoms with van der Waals surface area (Å²) in [5.74, 6) is 0.842. The summed E-state index contributed by atoms with van der Waals surface area (Å²) in [7, 11) is 0. The van der Waals surface area contributed by atoms with E-state index >= 15 is 0 Å².